The van der Waals surface area contributed by atoms with Gasteiger partial charge in [-0.15, -0.1) is 0 Å². The van der Waals surface area contributed by atoms with E-state index in [-0.39, 0.29) is 5.91 Å². The fourth-order valence-corrected chi connectivity index (χ4v) is 2.98. The number of fused-ring (bicyclic) bond motifs is 1. The maximum Gasteiger partial charge on any atom is 0.251 e. The van der Waals surface area contributed by atoms with Crippen molar-refractivity contribution in [2.75, 3.05) is 13.1 Å². The largest absolute Gasteiger partial charge is 0.352 e. The van der Waals surface area contributed by atoms with Crippen LogP contribution in [0.5, 0.6) is 0 Å². The minimum atomic E-state index is 0.0986. The van der Waals surface area contributed by atoms with E-state index >= 15 is 0 Å². The molecule has 1 heterocycles. The Balaban J connectivity index is 1.70. The van der Waals surface area contributed by atoms with Gasteiger partial charge < -0.3 is 10.6 Å². The molecular weight excluding hydrogens is 236 g/mol. The van der Waals surface area contributed by atoms with Crippen LogP contribution in [0.15, 0.2) is 18.2 Å². The lowest BCUT2D eigenvalue weighted by molar-refractivity contribution is 0.0949. The monoisotopic (exact) mass is 258 g/mol. The van der Waals surface area contributed by atoms with Crippen molar-refractivity contribution in [3.8, 4) is 0 Å². The van der Waals surface area contributed by atoms with E-state index in [9.17, 15) is 4.79 Å². The number of hydrogen-bond acceptors (Lipinski definition) is 2. The molecule has 1 atom stereocenters. The molecule has 0 aromatic heterocycles. The average Bonchev–Trinajstić information content (AvgIpc) is 3.03. The average molecular weight is 258 g/mol. The number of carbonyl (C=O) groups excluding carboxylic acids is 1. The van der Waals surface area contributed by atoms with E-state index in [0.717, 1.165) is 31.6 Å². The summed E-state index contributed by atoms with van der Waals surface area (Å²) in [5.41, 5.74) is 3.80. The van der Waals surface area contributed by atoms with Crippen LogP contribution in [0.25, 0.3) is 0 Å². The number of hydrogen-bond donors (Lipinski definition) is 2. The normalized spacial score (nSPS) is 23.6. The molecule has 2 aliphatic rings. The summed E-state index contributed by atoms with van der Waals surface area (Å²) in [5.74, 6) is 0.749. The van der Waals surface area contributed by atoms with Gasteiger partial charge in [-0.25, -0.2) is 0 Å². The van der Waals surface area contributed by atoms with Crippen molar-refractivity contribution in [3.63, 3.8) is 0 Å². The van der Waals surface area contributed by atoms with Crippen LogP contribution in [-0.2, 0) is 13.0 Å². The second kappa shape index (κ2) is 4.64. The van der Waals surface area contributed by atoms with E-state index < -0.39 is 0 Å². The Kier molecular flexibility index (Phi) is 3.09. The molecule has 1 aromatic carbocycles. The fourth-order valence-electron chi connectivity index (χ4n) is 2.98. The smallest absolute Gasteiger partial charge is 0.251 e. The van der Waals surface area contributed by atoms with E-state index in [1.807, 2.05) is 12.1 Å². The second-order valence-electron chi connectivity index (χ2n) is 6.47. The Morgan fingerprint density at radius 3 is 3.00 bits per heavy atom. The molecule has 2 N–H and O–H groups in total. The zero-order valence-electron chi connectivity index (χ0n) is 11.8. The van der Waals surface area contributed by atoms with Crippen molar-refractivity contribution in [1.29, 1.82) is 0 Å². The molecule has 3 heteroatoms. The first-order valence-corrected chi connectivity index (χ1v) is 7.17. The summed E-state index contributed by atoms with van der Waals surface area (Å²) in [6.07, 6.45) is 2.18. The number of nitrogens with one attached hydrogen (secondary N) is 2. The van der Waals surface area contributed by atoms with Crippen LogP contribution in [0.4, 0.5) is 0 Å². The predicted octanol–water partition coefficient (Wildman–Crippen LogP) is 2.11. The molecule has 1 aromatic rings. The van der Waals surface area contributed by atoms with Gasteiger partial charge in [0, 0.05) is 18.7 Å². The molecule has 1 aliphatic carbocycles. The van der Waals surface area contributed by atoms with E-state index in [0.29, 0.717) is 11.3 Å². The first-order valence-electron chi connectivity index (χ1n) is 7.17. The highest BCUT2D eigenvalue weighted by Gasteiger charge is 2.45. The van der Waals surface area contributed by atoms with Crippen LogP contribution in [-0.4, -0.2) is 19.0 Å². The highest BCUT2D eigenvalue weighted by Crippen LogP contribution is 2.50. The number of benzene rings is 1. The van der Waals surface area contributed by atoms with Gasteiger partial charge in [-0.05, 0) is 47.9 Å². The highest BCUT2D eigenvalue weighted by molar-refractivity contribution is 5.96. The Hall–Kier alpha value is -1.35. The minimum absolute atomic E-state index is 0.0986. The molecule has 3 rings (SSSR count). The summed E-state index contributed by atoms with van der Waals surface area (Å²) in [4.78, 5) is 12.3. The molecule has 1 amide bonds. The van der Waals surface area contributed by atoms with Gasteiger partial charge in [-0.1, -0.05) is 26.0 Å². The van der Waals surface area contributed by atoms with E-state index in [2.05, 4.69) is 30.5 Å². The third-order valence-electron chi connectivity index (χ3n) is 4.61. The molecule has 0 bridgehead atoms. The second-order valence-corrected chi connectivity index (χ2v) is 6.47. The molecule has 0 saturated heterocycles. The summed E-state index contributed by atoms with van der Waals surface area (Å²) in [7, 11) is 0. The van der Waals surface area contributed by atoms with Crippen LogP contribution in [0.2, 0.25) is 0 Å². The van der Waals surface area contributed by atoms with Crippen molar-refractivity contribution < 1.29 is 4.79 Å². The molecule has 1 aliphatic heterocycles. The van der Waals surface area contributed by atoms with Crippen LogP contribution in [0.3, 0.4) is 0 Å². The van der Waals surface area contributed by atoms with Gasteiger partial charge in [0.2, 0.25) is 0 Å². The van der Waals surface area contributed by atoms with Gasteiger partial charge in [0.05, 0.1) is 0 Å². The SMILES string of the molecule is CC1(C)CC1CNC(=O)c1cccc2c1CCNC2. The lowest BCUT2D eigenvalue weighted by atomic mass is 9.95. The first-order chi connectivity index (χ1) is 9.08. The Morgan fingerprint density at radius 1 is 1.47 bits per heavy atom. The molecule has 1 unspecified atom stereocenters. The Bertz CT molecular complexity index is 507. The van der Waals surface area contributed by atoms with Crippen LogP contribution in [0.1, 0.15) is 41.8 Å². The highest BCUT2D eigenvalue weighted by atomic mass is 16.1. The van der Waals surface area contributed by atoms with E-state index in [1.165, 1.54) is 17.5 Å². The molecule has 0 radical (unpaired) electrons. The van der Waals surface area contributed by atoms with Crippen molar-refractivity contribution in [3.05, 3.63) is 34.9 Å². The Morgan fingerprint density at radius 2 is 2.26 bits per heavy atom. The molecule has 3 nitrogen and oxygen atoms in total. The fraction of sp³-hybridized carbons (Fsp3) is 0.562. The van der Waals surface area contributed by atoms with Gasteiger partial charge in [-0.3, -0.25) is 4.79 Å². The van der Waals surface area contributed by atoms with Crippen molar-refractivity contribution in [1.82, 2.24) is 10.6 Å². The molecule has 1 saturated carbocycles. The van der Waals surface area contributed by atoms with Crippen molar-refractivity contribution in [2.24, 2.45) is 11.3 Å². The summed E-state index contributed by atoms with van der Waals surface area (Å²) in [6, 6.07) is 6.06. The molecule has 19 heavy (non-hydrogen) atoms. The zero-order valence-corrected chi connectivity index (χ0v) is 11.8. The minimum Gasteiger partial charge on any atom is -0.352 e. The molecule has 0 spiro atoms. The van der Waals surface area contributed by atoms with Gasteiger partial charge in [0.25, 0.3) is 5.91 Å². The molecule has 102 valence electrons. The lowest BCUT2D eigenvalue weighted by Crippen LogP contribution is -2.30. The summed E-state index contributed by atoms with van der Waals surface area (Å²) in [5, 5.41) is 6.45. The quantitative estimate of drug-likeness (QED) is 0.872. The Labute approximate surface area is 114 Å². The van der Waals surface area contributed by atoms with Gasteiger partial charge >= 0.3 is 0 Å². The number of amides is 1. The van der Waals surface area contributed by atoms with Gasteiger partial charge in [-0.2, -0.15) is 0 Å². The van der Waals surface area contributed by atoms with Crippen LogP contribution < -0.4 is 10.6 Å². The van der Waals surface area contributed by atoms with Gasteiger partial charge in [0.15, 0.2) is 0 Å². The summed E-state index contributed by atoms with van der Waals surface area (Å²) in [6.45, 7) is 7.19. The zero-order chi connectivity index (χ0) is 13.5. The van der Waals surface area contributed by atoms with Crippen LogP contribution >= 0.6 is 0 Å². The van der Waals surface area contributed by atoms with Crippen LogP contribution in [0, 0.1) is 11.3 Å². The number of rotatable bonds is 3. The first kappa shape index (κ1) is 12.7. The van der Waals surface area contributed by atoms with Crippen molar-refractivity contribution >= 4 is 5.91 Å². The van der Waals surface area contributed by atoms with E-state index in [1.54, 1.807) is 0 Å². The van der Waals surface area contributed by atoms with E-state index in [4.69, 9.17) is 0 Å². The maximum absolute atomic E-state index is 12.3. The van der Waals surface area contributed by atoms with Gasteiger partial charge in [0.1, 0.15) is 0 Å². The third kappa shape index (κ3) is 2.52. The predicted molar refractivity (Wildman–Crippen MR) is 76.1 cm³/mol. The standard InChI is InChI=1S/C16H22N2O/c1-16(2)8-12(16)10-18-15(19)14-5-3-4-11-9-17-7-6-13(11)14/h3-5,12,17H,6-10H2,1-2H3,(H,18,19). The van der Waals surface area contributed by atoms with Crippen molar-refractivity contribution in [2.45, 2.75) is 33.2 Å². The molecule has 1 fully saturated rings. The number of carbonyl (C=O) groups is 1. The summed E-state index contributed by atoms with van der Waals surface area (Å²) < 4.78 is 0. The third-order valence-corrected chi connectivity index (χ3v) is 4.61. The lowest BCUT2D eigenvalue weighted by Gasteiger charge is -2.20. The maximum atomic E-state index is 12.3. The summed E-state index contributed by atoms with van der Waals surface area (Å²) >= 11 is 0. The molecular formula is C16H22N2O. The topological polar surface area (TPSA) is 41.1 Å².